The molecule has 34 heavy (non-hydrogen) atoms. The number of hydrazone groups is 1. The van der Waals surface area contributed by atoms with Gasteiger partial charge in [-0.25, -0.2) is 5.43 Å². The van der Waals surface area contributed by atoms with Crippen molar-refractivity contribution in [1.82, 2.24) is 10.7 Å². The second-order valence-corrected chi connectivity index (χ2v) is 8.13. The van der Waals surface area contributed by atoms with Crippen LogP contribution in [0.25, 0.3) is 10.8 Å². The zero-order chi connectivity index (χ0) is 24.1. The summed E-state index contributed by atoms with van der Waals surface area (Å²) in [6, 6.07) is 15.8. The van der Waals surface area contributed by atoms with Crippen LogP contribution in [0.2, 0.25) is 0 Å². The van der Waals surface area contributed by atoms with E-state index in [9.17, 15) is 9.59 Å². The molecule has 0 radical (unpaired) electrons. The van der Waals surface area contributed by atoms with Gasteiger partial charge in [-0.2, -0.15) is 5.10 Å². The summed E-state index contributed by atoms with van der Waals surface area (Å²) in [4.78, 5) is 25.6. The maximum absolute atomic E-state index is 12.8. The van der Waals surface area contributed by atoms with Gasteiger partial charge in [0.2, 0.25) is 6.79 Å². The van der Waals surface area contributed by atoms with E-state index in [0.29, 0.717) is 23.7 Å². The maximum Gasteiger partial charge on any atom is 0.262 e. The summed E-state index contributed by atoms with van der Waals surface area (Å²) in [6.07, 6.45) is 1.59. The van der Waals surface area contributed by atoms with Crippen molar-refractivity contribution in [2.24, 2.45) is 11.0 Å². The maximum atomic E-state index is 12.8. The van der Waals surface area contributed by atoms with Crippen LogP contribution in [-0.4, -0.2) is 37.5 Å². The lowest BCUT2D eigenvalue weighted by Crippen LogP contribution is -2.48. The molecule has 1 aliphatic heterocycles. The Balaban J connectivity index is 1.45. The molecule has 8 nitrogen and oxygen atoms in total. The van der Waals surface area contributed by atoms with E-state index in [1.165, 1.54) is 0 Å². The van der Waals surface area contributed by atoms with Crippen molar-refractivity contribution < 1.29 is 23.8 Å². The number of hydrogen-bond donors (Lipinski definition) is 2. The van der Waals surface area contributed by atoms with Crippen molar-refractivity contribution in [2.45, 2.75) is 26.8 Å². The van der Waals surface area contributed by atoms with Gasteiger partial charge in [0.25, 0.3) is 11.8 Å². The van der Waals surface area contributed by atoms with Crippen LogP contribution in [0.1, 0.15) is 36.7 Å². The number of amides is 2. The first kappa shape index (κ1) is 23.1. The third-order valence-corrected chi connectivity index (χ3v) is 5.47. The molecule has 0 aliphatic carbocycles. The third-order valence-electron chi connectivity index (χ3n) is 5.47. The Morgan fingerprint density at radius 2 is 1.82 bits per heavy atom. The highest BCUT2D eigenvalue weighted by Crippen LogP contribution is 2.32. The zero-order valence-corrected chi connectivity index (χ0v) is 19.3. The highest BCUT2D eigenvalue weighted by Gasteiger charge is 2.25. The lowest BCUT2D eigenvalue weighted by molar-refractivity contribution is -0.123. The first-order valence-electron chi connectivity index (χ1n) is 11.2. The minimum Gasteiger partial charge on any atom is -0.493 e. The molecule has 0 aromatic heterocycles. The highest BCUT2D eigenvalue weighted by atomic mass is 16.7. The summed E-state index contributed by atoms with van der Waals surface area (Å²) in [7, 11) is 0. The van der Waals surface area contributed by atoms with Crippen LogP contribution in [0, 0.1) is 5.92 Å². The minimum atomic E-state index is -0.771. The third kappa shape index (κ3) is 4.96. The Morgan fingerprint density at radius 1 is 1.06 bits per heavy atom. The fourth-order valence-corrected chi connectivity index (χ4v) is 3.72. The number of fused-ring (bicyclic) bond motifs is 2. The number of benzene rings is 3. The predicted octanol–water partition coefficient (Wildman–Crippen LogP) is 3.87. The molecule has 0 saturated heterocycles. The van der Waals surface area contributed by atoms with Crippen LogP contribution in [0.15, 0.2) is 59.7 Å². The minimum absolute atomic E-state index is 0.124. The number of nitrogens with zero attached hydrogens (tertiary/aromatic N) is 1. The van der Waals surface area contributed by atoms with E-state index in [0.717, 1.165) is 22.1 Å². The lowest BCUT2D eigenvalue weighted by Gasteiger charge is -2.20. The van der Waals surface area contributed by atoms with Gasteiger partial charge in [0, 0.05) is 16.5 Å². The van der Waals surface area contributed by atoms with Crippen molar-refractivity contribution in [1.29, 1.82) is 0 Å². The summed E-state index contributed by atoms with van der Waals surface area (Å²) in [5, 5.41) is 8.86. The molecule has 176 valence electrons. The summed E-state index contributed by atoms with van der Waals surface area (Å²) < 4.78 is 16.3. The van der Waals surface area contributed by atoms with Gasteiger partial charge in [0.1, 0.15) is 11.8 Å². The summed E-state index contributed by atoms with van der Waals surface area (Å²) in [5.41, 5.74) is 3.77. The molecular formula is C26H27N3O5. The molecule has 1 aliphatic rings. The molecule has 0 fully saturated rings. The second-order valence-electron chi connectivity index (χ2n) is 8.13. The zero-order valence-electron chi connectivity index (χ0n) is 19.3. The molecule has 0 spiro atoms. The highest BCUT2D eigenvalue weighted by molar-refractivity contribution is 6.03. The molecule has 0 unspecified atom stereocenters. The SMILES string of the molecule is CCOc1ccc(/C=N/NC(=O)[C@H](NC(=O)c2ccc3c(c2)OCO3)C(C)C)c2ccccc12. The molecule has 8 heteroatoms. The van der Waals surface area contributed by atoms with Crippen LogP contribution in [0.4, 0.5) is 0 Å². The van der Waals surface area contributed by atoms with Crippen molar-refractivity contribution in [3.05, 3.63) is 65.7 Å². The Morgan fingerprint density at radius 3 is 2.59 bits per heavy atom. The first-order chi connectivity index (χ1) is 16.5. The quantitative estimate of drug-likeness (QED) is 0.392. The fraction of sp³-hybridized carbons (Fsp3) is 0.269. The Hall–Kier alpha value is -4.07. The van der Waals surface area contributed by atoms with Crippen molar-refractivity contribution >= 4 is 28.8 Å². The van der Waals surface area contributed by atoms with Crippen LogP contribution in [0.5, 0.6) is 17.2 Å². The van der Waals surface area contributed by atoms with E-state index in [2.05, 4.69) is 15.8 Å². The first-order valence-corrected chi connectivity index (χ1v) is 11.2. The normalized spacial score (nSPS) is 13.3. The van der Waals surface area contributed by atoms with Gasteiger partial charge in [-0.05, 0) is 48.6 Å². The topological polar surface area (TPSA) is 98.2 Å². The largest absolute Gasteiger partial charge is 0.493 e. The summed E-state index contributed by atoms with van der Waals surface area (Å²) in [6.45, 7) is 6.35. The van der Waals surface area contributed by atoms with Gasteiger partial charge in [0.15, 0.2) is 11.5 Å². The summed E-state index contributed by atoms with van der Waals surface area (Å²) in [5.74, 6) is 0.949. The van der Waals surface area contributed by atoms with E-state index < -0.39 is 11.9 Å². The van der Waals surface area contributed by atoms with Crippen LogP contribution >= 0.6 is 0 Å². The number of ether oxygens (including phenoxy) is 3. The predicted molar refractivity (Wildman–Crippen MR) is 130 cm³/mol. The van der Waals surface area contributed by atoms with E-state index in [1.807, 2.05) is 57.2 Å². The van der Waals surface area contributed by atoms with Gasteiger partial charge in [-0.1, -0.05) is 38.1 Å². The lowest BCUT2D eigenvalue weighted by atomic mass is 10.0. The van der Waals surface area contributed by atoms with Crippen molar-refractivity contribution in [3.8, 4) is 17.2 Å². The molecule has 4 rings (SSSR count). The summed E-state index contributed by atoms with van der Waals surface area (Å²) >= 11 is 0. The van der Waals surface area contributed by atoms with Gasteiger partial charge in [-0.15, -0.1) is 0 Å². The number of hydrogen-bond acceptors (Lipinski definition) is 6. The molecule has 1 atom stereocenters. The molecule has 2 N–H and O–H groups in total. The Bertz CT molecular complexity index is 1240. The molecular weight excluding hydrogens is 434 g/mol. The molecule has 1 heterocycles. The standard InChI is InChI=1S/C26H27N3O5/c1-4-32-21-11-10-18(19-7-5-6-8-20(19)21)14-27-29-26(31)24(16(2)3)28-25(30)17-9-12-22-23(13-17)34-15-33-22/h5-14,16,24H,4,15H2,1-3H3,(H,28,30)(H,29,31)/b27-14+/t24-/m1/s1. The Kier molecular flexibility index (Phi) is 6.96. The van der Waals surface area contributed by atoms with Gasteiger partial charge < -0.3 is 19.5 Å². The number of carbonyl (C=O) groups is 2. The van der Waals surface area contributed by atoms with Crippen molar-refractivity contribution in [3.63, 3.8) is 0 Å². The monoisotopic (exact) mass is 461 g/mol. The molecule has 3 aromatic rings. The van der Waals surface area contributed by atoms with Gasteiger partial charge >= 0.3 is 0 Å². The van der Waals surface area contributed by atoms with Crippen LogP contribution in [0.3, 0.4) is 0 Å². The smallest absolute Gasteiger partial charge is 0.262 e. The number of carbonyl (C=O) groups excluding carboxylic acids is 2. The van der Waals surface area contributed by atoms with Crippen LogP contribution in [-0.2, 0) is 4.79 Å². The van der Waals surface area contributed by atoms with Gasteiger partial charge in [-0.3, -0.25) is 9.59 Å². The van der Waals surface area contributed by atoms with E-state index in [4.69, 9.17) is 14.2 Å². The molecule has 3 aromatic carbocycles. The average molecular weight is 462 g/mol. The van der Waals surface area contributed by atoms with Crippen molar-refractivity contribution in [2.75, 3.05) is 13.4 Å². The Labute approximate surface area is 197 Å². The van der Waals surface area contributed by atoms with Gasteiger partial charge in [0.05, 0.1) is 12.8 Å². The average Bonchev–Trinajstić information content (AvgIpc) is 3.31. The second kappa shape index (κ2) is 10.2. The van der Waals surface area contributed by atoms with E-state index in [1.54, 1.807) is 24.4 Å². The van der Waals surface area contributed by atoms with Crippen LogP contribution < -0.4 is 25.0 Å². The molecule has 0 bridgehead atoms. The number of rotatable bonds is 8. The number of nitrogens with one attached hydrogen (secondary N) is 2. The molecule has 2 amide bonds. The van der Waals surface area contributed by atoms with E-state index in [-0.39, 0.29) is 18.6 Å². The molecule has 0 saturated carbocycles. The fourth-order valence-electron chi connectivity index (χ4n) is 3.72. The van der Waals surface area contributed by atoms with E-state index >= 15 is 0 Å².